The van der Waals surface area contributed by atoms with Gasteiger partial charge in [0.1, 0.15) is 0 Å². The molecule has 5 N–H and O–H groups in total. The lowest BCUT2D eigenvalue weighted by atomic mass is 9.92. The molecule has 36 heavy (non-hydrogen) atoms. The van der Waals surface area contributed by atoms with Crippen LogP contribution in [0.4, 0.5) is 0 Å². The molecule has 0 saturated carbocycles. The van der Waals surface area contributed by atoms with E-state index in [4.69, 9.17) is 0 Å². The fraction of sp³-hybridized carbons (Fsp3) is 0.852. The standard InChI is InChI=1S/C27H52N4O5/c1-5-7-9-11-13-15-17-19-23(32)28-30-26(35)21(3)25(34)22(4)27(36)31-29-24(33)20-18-16-14-12-10-8-6-2/h21-22,25,34H,5-20H2,1-4H3,(H,28,32)(H,29,33)(H,30,35)(H,31,36)/t21-,22-/m1/s1. The molecule has 0 aliphatic carbocycles. The van der Waals surface area contributed by atoms with Crippen LogP contribution in [0.2, 0.25) is 0 Å². The van der Waals surface area contributed by atoms with E-state index < -0.39 is 29.8 Å². The van der Waals surface area contributed by atoms with Crippen LogP contribution in [0.5, 0.6) is 0 Å². The first-order valence-corrected chi connectivity index (χ1v) is 14.1. The fourth-order valence-corrected chi connectivity index (χ4v) is 3.84. The van der Waals surface area contributed by atoms with Crippen molar-refractivity contribution < 1.29 is 24.3 Å². The van der Waals surface area contributed by atoms with Gasteiger partial charge in [-0.15, -0.1) is 0 Å². The van der Waals surface area contributed by atoms with Gasteiger partial charge in [-0.25, -0.2) is 0 Å². The monoisotopic (exact) mass is 512 g/mol. The molecule has 2 atom stereocenters. The molecule has 210 valence electrons. The van der Waals surface area contributed by atoms with Crippen molar-refractivity contribution in [3.8, 4) is 0 Å². The first kappa shape index (κ1) is 33.8. The highest BCUT2D eigenvalue weighted by Crippen LogP contribution is 2.14. The van der Waals surface area contributed by atoms with Crippen LogP contribution in [-0.4, -0.2) is 34.8 Å². The van der Waals surface area contributed by atoms with E-state index in [1.54, 1.807) is 0 Å². The van der Waals surface area contributed by atoms with Crippen molar-refractivity contribution in [2.75, 3.05) is 0 Å². The molecule has 0 saturated heterocycles. The summed E-state index contributed by atoms with van der Waals surface area (Å²) < 4.78 is 0. The molecule has 0 heterocycles. The van der Waals surface area contributed by atoms with Crippen LogP contribution >= 0.6 is 0 Å². The van der Waals surface area contributed by atoms with Gasteiger partial charge >= 0.3 is 0 Å². The van der Waals surface area contributed by atoms with Crippen LogP contribution in [0.3, 0.4) is 0 Å². The van der Waals surface area contributed by atoms with Crippen LogP contribution in [0.25, 0.3) is 0 Å². The second kappa shape index (κ2) is 22.1. The summed E-state index contributed by atoms with van der Waals surface area (Å²) in [6, 6.07) is 0. The van der Waals surface area contributed by atoms with Crippen molar-refractivity contribution in [2.24, 2.45) is 11.8 Å². The Hall–Kier alpha value is -2.16. The molecule has 0 unspecified atom stereocenters. The van der Waals surface area contributed by atoms with E-state index in [0.717, 1.165) is 38.5 Å². The van der Waals surface area contributed by atoms with Gasteiger partial charge < -0.3 is 5.11 Å². The molecule has 0 aromatic heterocycles. The van der Waals surface area contributed by atoms with Gasteiger partial charge in [0, 0.05) is 12.8 Å². The van der Waals surface area contributed by atoms with Gasteiger partial charge in [-0.3, -0.25) is 40.9 Å². The Morgan fingerprint density at radius 3 is 1.17 bits per heavy atom. The summed E-state index contributed by atoms with van der Waals surface area (Å²) in [5.41, 5.74) is 9.38. The van der Waals surface area contributed by atoms with Crippen LogP contribution < -0.4 is 21.7 Å². The van der Waals surface area contributed by atoms with Crippen molar-refractivity contribution in [3.63, 3.8) is 0 Å². The smallest absolute Gasteiger partial charge is 0.243 e. The summed E-state index contributed by atoms with van der Waals surface area (Å²) in [5.74, 6) is -3.61. The van der Waals surface area contributed by atoms with Gasteiger partial charge in [0.15, 0.2) is 0 Å². The summed E-state index contributed by atoms with van der Waals surface area (Å²) >= 11 is 0. The maximum atomic E-state index is 12.3. The Labute approximate surface area is 218 Å². The molecular weight excluding hydrogens is 460 g/mol. The number of rotatable bonds is 20. The number of unbranched alkanes of at least 4 members (excludes halogenated alkanes) is 12. The highest BCUT2D eigenvalue weighted by atomic mass is 16.3. The lowest BCUT2D eigenvalue weighted by Crippen LogP contribution is -2.51. The molecule has 0 aromatic rings. The number of hydrogen-bond donors (Lipinski definition) is 5. The maximum Gasteiger partial charge on any atom is 0.243 e. The predicted octanol–water partition coefficient (Wildman–Crippen LogP) is 4.20. The zero-order valence-corrected chi connectivity index (χ0v) is 23.1. The number of aliphatic hydroxyl groups excluding tert-OH is 1. The van der Waals surface area contributed by atoms with E-state index in [1.807, 2.05) is 0 Å². The second-order valence-electron chi connectivity index (χ2n) is 9.89. The second-order valence-corrected chi connectivity index (χ2v) is 9.89. The van der Waals surface area contributed by atoms with E-state index in [1.165, 1.54) is 65.2 Å². The lowest BCUT2D eigenvalue weighted by Gasteiger charge is -2.23. The van der Waals surface area contributed by atoms with Gasteiger partial charge in [0.05, 0.1) is 17.9 Å². The van der Waals surface area contributed by atoms with Gasteiger partial charge in [0.2, 0.25) is 23.6 Å². The average molecular weight is 513 g/mol. The maximum absolute atomic E-state index is 12.3. The van der Waals surface area contributed by atoms with Crippen molar-refractivity contribution in [1.82, 2.24) is 21.7 Å². The van der Waals surface area contributed by atoms with E-state index in [0.29, 0.717) is 12.8 Å². The minimum Gasteiger partial charge on any atom is -0.391 e. The molecule has 9 nitrogen and oxygen atoms in total. The Morgan fingerprint density at radius 1 is 0.528 bits per heavy atom. The van der Waals surface area contributed by atoms with Gasteiger partial charge in [0.25, 0.3) is 0 Å². The van der Waals surface area contributed by atoms with E-state index >= 15 is 0 Å². The number of carbonyl (C=O) groups is 4. The molecule has 0 fully saturated rings. The molecule has 9 heteroatoms. The Balaban J connectivity index is 4.09. The molecule has 0 spiro atoms. The zero-order valence-electron chi connectivity index (χ0n) is 23.1. The third-order valence-corrected chi connectivity index (χ3v) is 6.52. The number of carbonyl (C=O) groups excluding carboxylic acids is 4. The summed E-state index contributed by atoms with van der Waals surface area (Å²) in [6.07, 6.45) is 14.7. The molecule has 0 rings (SSSR count). The van der Waals surface area contributed by atoms with Crippen molar-refractivity contribution >= 4 is 23.6 Å². The Morgan fingerprint density at radius 2 is 0.833 bits per heavy atom. The molecular formula is C27H52N4O5. The third-order valence-electron chi connectivity index (χ3n) is 6.52. The van der Waals surface area contributed by atoms with Crippen LogP contribution in [-0.2, 0) is 19.2 Å². The molecule has 0 aromatic carbocycles. The van der Waals surface area contributed by atoms with Gasteiger partial charge in [-0.05, 0) is 12.8 Å². The highest BCUT2D eigenvalue weighted by Gasteiger charge is 2.31. The summed E-state index contributed by atoms with van der Waals surface area (Å²) in [5, 5.41) is 10.4. The number of nitrogens with one attached hydrogen (secondary N) is 4. The van der Waals surface area contributed by atoms with Gasteiger partial charge in [-0.1, -0.05) is 105 Å². The third kappa shape index (κ3) is 17.3. The van der Waals surface area contributed by atoms with E-state index in [-0.39, 0.29) is 11.8 Å². The largest absolute Gasteiger partial charge is 0.391 e. The predicted molar refractivity (Wildman–Crippen MR) is 142 cm³/mol. The number of hydrazine groups is 2. The SMILES string of the molecule is CCCCCCCCCC(=O)NNC(=O)[C@H](C)C(O)[C@@H](C)C(=O)NNC(=O)CCCCCCCCC. The topological polar surface area (TPSA) is 137 Å². The molecule has 0 bridgehead atoms. The number of hydrogen-bond acceptors (Lipinski definition) is 5. The van der Waals surface area contributed by atoms with E-state index in [9.17, 15) is 24.3 Å². The minimum absolute atomic E-state index is 0.284. The summed E-state index contributed by atoms with van der Waals surface area (Å²) in [6.45, 7) is 7.30. The zero-order chi connectivity index (χ0) is 27.2. The van der Waals surface area contributed by atoms with E-state index in [2.05, 4.69) is 35.6 Å². The first-order chi connectivity index (χ1) is 17.2. The van der Waals surface area contributed by atoms with Crippen LogP contribution in [0.15, 0.2) is 0 Å². The Bertz CT molecular complexity index is 577. The van der Waals surface area contributed by atoms with Gasteiger partial charge in [-0.2, -0.15) is 0 Å². The molecule has 0 aliphatic rings. The van der Waals surface area contributed by atoms with Crippen molar-refractivity contribution in [3.05, 3.63) is 0 Å². The van der Waals surface area contributed by atoms with Crippen LogP contribution in [0.1, 0.15) is 130 Å². The highest BCUT2D eigenvalue weighted by molar-refractivity contribution is 5.86. The molecule has 0 aliphatic heterocycles. The number of amides is 4. The lowest BCUT2D eigenvalue weighted by molar-refractivity contribution is -0.139. The number of aliphatic hydroxyl groups is 1. The summed E-state index contributed by atoms with van der Waals surface area (Å²) in [7, 11) is 0. The first-order valence-electron chi connectivity index (χ1n) is 14.1. The quantitative estimate of drug-likeness (QED) is 0.123. The Kier molecular flexibility index (Phi) is 20.7. The molecule has 4 amide bonds. The molecule has 0 radical (unpaired) electrons. The minimum atomic E-state index is -1.29. The van der Waals surface area contributed by atoms with Crippen molar-refractivity contribution in [1.29, 1.82) is 0 Å². The average Bonchev–Trinajstić information content (AvgIpc) is 2.87. The fourth-order valence-electron chi connectivity index (χ4n) is 3.84. The van der Waals surface area contributed by atoms with Crippen molar-refractivity contribution in [2.45, 2.75) is 137 Å². The normalized spacial score (nSPS) is 12.6. The van der Waals surface area contributed by atoms with Crippen LogP contribution in [0, 0.1) is 11.8 Å². The summed E-state index contributed by atoms with van der Waals surface area (Å²) in [4.78, 5) is 48.5.